The Bertz CT molecular complexity index is 1330. The molecule has 0 radical (unpaired) electrons. The molecule has 1 saturated carbocycles. The number of nitrogens with zero attached hydrogens (tertiary/aromatic N) is 2. The fourth-order valence-corrected chi connectivity index (χ4v) is 5.89. The quantitative estimate of drug-likeness (QED) is 0.442. The Labute approximate surface area is 208 Å². The molecule has 2 aromatic heterocycles. The van der Waals surface area contributed by atoms with Crippen LogP contribution >= 0.6 is 0 Å². The Morgan fingerprint density at radius 1 is 1.08 bits per heavy atom. The van der Waals surface area contributed by atoms with Crippen molar-refractivity contribution >= 4 is 16.9 Å². The van der Waals surface area contributed by atoms with Crippen LogP contribution in [0.1, 0.15) is 32.3 Å². The first kappa shape index (κ1) is 25.6. The summed E-state index contributed by atoms with van der Waals surface area (Å²) in [5, 5.41) is 11.7. The van der Waals surface area contributed by atoms with E-state index in [2.05, 4.69) is 9.97 Å². The maximum absolute atomic E-state index is 15.5. The molecule has 1 saturated heterocycles. The van der Waals surface area contributed by atoms with E-state index in [1.54, 1.807) is 13.8 Å². The highest BCUT2D eigenvalue weighted by Crippen LogP contribution is 2.48. The van der Waals surface area contributed by atoms with Gasteiger partial charge in [-0.3, -0.25) is 4.79 Å². The van der Waals surface area contributed by atoms with Crippen molar-refractivity contribution in [1.29, 1.82) is 0 Å². The topological polar surface area (TPSA) is 69.2 Å². The van der Waals surface area contributed by atoms with E-state index >= 15 is 8.78 Å². The van der Waals surface area contributed by atoms with E-state index in [1.807, 2.05) is 0 Å². The van der Waals surface area contributed by atoms with Gasteiger partial charge in [0.15, 0.2) is 5.82 Å². The van der Waals surface area contributed by atoms with Crippen LogP contribution in [-0.2, 0) is 10.4 Å². The standard InChI is InChI=1S/C26H25F6N3O2/c1-12-10-35(24(36)15-5-16(6-15)26(30,31)32)11-13(2)25(12,37)22-18(27)7-14(8-19(22)28)17-3-4-33-23-21(17)20(29)9-34-23/h3-4,7-9,12-13,15-16,37H,5-6,10-11H2,1-2H3,(H,33,34)/t12-,13+,15?,16?,25?. The molecule has 1 aliphatic heterocycles. The Balaban J connectivity index is 1.41. The van der Waals surface area contributed by atoms with Crippen molar-refractivity contribution in [2.24, 2.45) is 23.7 Å². The van der Waals surface area contributed by atoms with Crippen LogP contribution in [0.15, 0.2) is 30.6 Å². The smallest absolute Gasteiger partial charge is 0.384 e. The molecule has 3 atom stereocenters. The first-order chi connectivity index (χ1) is 17.3. The third-order valence-electron chi connectivity index (χ3n) is 8.03. The van der Waals surface area contributed by atoms with Gasteiger partial charge in [-0.25, -0.2) is 18.2 Å². The monoisotopic (exact) mass is 525 g/mol. The van der Waals surface area contributed by atoms with Gasteiger partial charge in [0.05, 0.1) is 16.9 Å². The zero-order valence-corrected chi connectivity index (χ0v) is 20.0. The van der Waals surface area contributed by atoms with Gasteiger partial charge >= 0.3 is 6.18 Å². The lowest BCUT2D eigenvalue weighted by Gasteiger charge is -2.49. The van der Waals surface area contributed by atoms with Crippen molar-refractivity contribution < 1.29 is 36.2 Å². The van der Waals surface area contributed by atoms with E-state index in [-0.39, 0.29) is 48.1 Å². The summed E-state index contributed by atoms with van der Waals surface area (Å²) in [5.74, 6) is -7.00. The SMILES string of the molecule is C[C@@H]1CN(C(=O)C2CC(C(F)(F)F)C2)C[C@H](C)C1(O)c1c(F)cc(-c2ccnc3[nH]cc(F)c23)cc1F. The number of fused-ring (bicyclic) bond motifs is 1. The summed E-state index contributed by atoms with van der Waals surface area (Å²) in [7, 11) is 0. The number of aromatic nitrogens is 2. The molecule has 1 aliphatic carbocycles. The number of aromatic amines is 1. The third kappa shape index (κ3) is 4.07. The van der Waals surface area contributed by atoms with Crippen molar-refractivity contribution in [2.75, 3.05) is 13.1 Å². The third-order valence-corrected chi connectivity index (χ3v) is 8.03. The highest BCUT2D eigenvalue weighted by Gasteiger charge is 2.54. The zero-order chi connectivity index (χ0) is 26.9. The van der Waals surface area contributed by atoms with Crippen LogP contribution in [-0.4, -0.2) is 45.1 Å². The van der Waals surface area contributed by atoms with Crippen molar-refractivity contribution in [3.05, 3.63) is 53.6 Å². The lowest BCUT2D eigenvalue weighted by atomic mass is 9.69. The Kier molecular flexibility index (Phi) is 6.04. The van der Waals surface area contributed by atoms with Crippen LogP contribution < -0.4 is 0 Å². The maximum Gasteiger partial charge on any atom is 0.391 e. The number of nitrogens with one attached hydrogen (secondary N) is 1. The number of hydrogen-bond acceptors (Lipinski definition) is 3. The summed E-state index contributed by atoms with van der Waals surface area (Å²) < 4.78 is 83.8. The number of H-pyrrole nitrogens is 1. The molecule has 2 aliphatic rings. The van der Waals surface area contributed by atoms with E-state index in [4.69, 9.17) is 0 Å². The molecule has 3 aromatic rings. The summed E-state index contributed by atoms with van der Waals surface area (Å²) >= 11 is 0. The van der Waals surface area contributed by atoms with Crippen LogP contribution in [0.4, 0.5) is 26.3 Å². The number of carbonyl (C=O) groups excluding carboxylic acids is 1. The fourth-order valence-electron chi connectivity index (χ4n) is 5.89. The van der Waals surface area contributed by atoms with Crippen LogP contribution in [0.2, 0.25) is 0 Å². The number of alkyl halides is 3. The average Bonchev–Trinajstić information content (AvgIpc) is 3.15. The molecular formula is C26H25F6N3O2. The molecule has 3 heterocycles. The van der Waals surface area contributed by atoms with Gasteiger partial charge in [0.25, 0.3) is 0 Å². The molecule has 5 rings (SSSR count). The first-order valence-corrected chi connectivity index (χ1v) is 12.0. The second-order valence-electron chi connectivity index (χ2n) is 10.3. The van der Waals surface area contributed by atoms with E-state index < -0.39 is 64.4 Å². The largest absolute Gasteiger partial charge is 0.391 e. The number of amides is 1. The number of piperidine rings is 1. The Morgan fingerprint density at radius 2 is 1.68 bits per heavy atom. The van der Waals surface area contributed by atoms with E-state index in [1.165, 1.54) is 17.2 Å². The predicted molar refractivity (Wildman–Crippen MR) is 122 cm³/mol. The molecule has 1 aromatic carbocycles. The lowest BCUT2D eigenvalue weighted by molar-refractivity contribution is -0.208. The van der Waals surface area contributed by atoms with Crippen molar-refractivity contribution in [3.63, 3.8) is 0 Å². The van der Waals surface area contributed by atoms with Crippen LogP contribution in [0.3, 0.4) is 0 Å². The zero-order valence-electron chi connectivity index (χ0n) is 20.0. The van der Waals surface area contributed by atoms with Gasteiger partial charge in [-0.05, 0) is 42.2 Å². The maximum atomic E-state index is 15.5. The number of rotatable bonds is 3. The van der Waals surface area contributed by atoms with Gasteiger partial charge in [-0.1, -0.05) is 13.8 Å². The normalized spacial score (nSPS) is 28.4. The number of benzene rings is 1. The van der Waals surface area contributed by atoms with E-state index in [0.29, 0.717) is 0 Å². The van der Waals surface area contributed by atoms with Gasteiger partial charge in [0, 0.05) is 43.2 Å². The predicted octanol–water partition coefficient (Wildman–Crippen LogP) is 5.54. The van der Waals surface area contributed by atoms with Gasteiger partial charge in [0.1, 0.15) is 22.9 Å². The molecule has 5 nitrogen and oxygen atoms in total. The number of pyridine rings is 1. The summed E-state index contributed by atoms with van der Waals surface area (Å²) in [5.41, 5.74) is -2.04. The van der Waals surface area contributed by atoms with E-state index in [9.17, 15) is 27.5 Å². The fraction of sp³-hybridized carbons (Fsp3) is 0.462. The van der Waals surface area contributed by atoms with Crippen molar-refractivity contribution in [1.82, 2.24) is 14.9 Å². The second-order valence-corrected chi connectivity index (χ2v) is 10.3. The molecule has 2 N–H and O–H groups in total. The van der Waals surface area contributed by atoms with Crippen LogP contribution in [0.5, 0.6) is 0 Å². The molecular weight excluding hydrogens is 500 g/mol. The minimum absolute atomic E-state index is 0.0605. The lowest BCUT2D eigenvalue weighted by Crippen LogP contribution is -2.58. The summed E-state index contributed by atoms with van der Waals surface area (Å²) in [6.07, 6.45) is -2.42. The van der Waals surface area contributed by atoms with Gasteiger partial charge < -0.3 is 15.0 Å². The average molecular weight is 525 g/mol. The van der Waals surface area contributed by atoms with Crippen molar-refractivity contribution in [2.45, 2.75) is 38.5 Å². The number of halogens is 6. The Hall–Kier alpha value is -3.08. The van der Waals surface area contributed by atoms with E-state index in [0.717, 1.165) is 18.3 Å². The molecule has 11 heteroatoms. The van der Waals surface area contributed by atoms with Crippen LogP contribution in [0.25, 0.3) is 22.2 Å². The minimum atomic E-state index is -4.34. The summed E-state index contributed by atoms with van der Waals surface area (Å²) in [6, 6.07) is 3.49. The van der Waals surface area contributed by atoms with Gasteiger partial charge in [0.2, 0.25) is 5.91 Å². The van der Waals surface area contributed by atoms with Gasteiger partial charge in [-0.2, -0.15) is 13.2 Å². The second kappa shape index (κ2) is 8.75. The highest BCUT2D eigenvalue weighted by molar-refractivity contribution is 5.93. The van der Waals surface area contributed by atoms with Crippen molar-refractivity contribution in [3.8, 4) is 11.1 Å². The number of hydrogen-bond donors (Lipinski definition) is 2. The minimum Gasteiger partial charge on any atom is -0.384 e. The molecule has 198 valence electrons. The molecule has 0 spiro atoms. The first-order valence-electron chi connectivity index (χ1n) is 12.0. The highest BCUT2D eigenvalue weighted by atomic mass is 19.4. The number of aliphatic hydroxyl groups is 1. The number of carbonyl (C=O) groups is 1. The molecule has 37 heavy (non-hydrogen) atoms. The Morgan fingerprint density at radius 3 is 2.24 bits per heavy atom. The molecule has 2 fully saturated rings. The summed E-state index contributed by atoms with van der Waals surface area (Å²) in [6.45, 7) is 2.97. The molecule has 0 bridgehead atoms. The number of likely N-dealkylation sites (tertiary alicyclic amines) is 1. The summed E-state index contributed by atoms with van der Waals surface area (Å²) in [4.78, 5) is 20.9. The van der Waals surface area contributed by atoms with Crippen LogP contribution in [0, 0.1) is 41.1 Å². The van der Waals surface area contributed by atoms with Gasteiger partial charge in [-0.15, -0.1) is 0 Å². The molecule has 1 unspecified atom stereocenters. The molecule has 1 amide bonds.